The Balaban J connectivity index is 1.53. The maximum atomic E-state index is 13.7. The van der Waals surface area contributed by atoms with E-state index in [0.717, 1.165) is 25.0 Å². The van der Waals surface area contributed by atoms with Crippen LogP contribution in [-0.4, -0.2) is 41.9 Å². The maximum Gasteiger partial charge on any atom is 0.241 e. The molecule has 2 aliphatic rings. The molecule has 1 atom stereocenters. The normalized spacial score (nSPS) is 19.8. The molecule has 2 N–H and O–H groups in total. The van der Waals surface area contributed by atoms with Crippen LogP contribution in [0.25, 0.3) is 0 Å². The van der Waals surface area contributed by atoms with Crippen LogP contribution in [0.2, 0.25) is 0 Å². The van der Waals surface area contributed by atoms with Gasteiger partial charge in [0.05, 0.1) is 11.7 Å². The van der Waals surface area contributed by atoms with Crippen molar-refractivity contribution in [3.05, 3.63) is 29.6 Å². The van der Waals surface area contributed by atoms with Crippen LogP contribution in [0.3, 0.4) is 0 Å². The van der Waals surface area contributed by atoms with Gasteiger partial charge in [0.15, 0.2) is 17.5 Å². The SMILES string of the molecule is C[C@H](C(=O)Nc1ccc(F)c(F)c1F)N1CCC(C(=O)NC2CC2)CC1. The molecule has 142 valence electrons. The second-order valence-electron chi connectivity index (χ2n) is 6.98. The van der Waals surface area contributed by atoms with Crippen LogP contribution < -0.4 is 10.6 Å². The Morgan fingerprint density at radius 1 is 1.08 bits per heavy atom. The van der Waals surface area contributed by atoms with Crippen molar-refractivity contribution in [1.29, 1.82) is 0 Å². The summed E-state index contributed by atoms with van der Waals surface area (Å²) < 4.78 is 39.9. The van der Waals surface area contributed by atoms with Crippen molar-refractivity contribution in [2.75, 3.05) is 18.4 Å². The first-order valence-electron chi connectivity index (χ1n) is 8.85. The third-order valence-corrected chi connectivity index (χ3v) is 5.04. The molecule has 1 aliphatic heterocycles. The van der Waals surface area contributed by atoms with E-state index in [1.54, 1.807) is 6.92 Å². The van der Waals surface area contributed by atoms with Gasteiger partial charge >= 0.3 is 0 Å². The summed E-state index contributed by atoms with van der Waals surface area (Å²) in [5.41, 5.74) is -0.389. The highest BCUT2D eigenvalue weighted by Gasteiger charge is 2.32. The topological polar surface area (TPSA) is 61.4 Å². The Labute approximate surface area is 149 Å². The molecule has 0 radical (unpaired) electrons. The van der Waals surface area contributed by atoms with E-state index in [9.17, 15) is 22.8 Å². The van der Waals surface area contributed by atoms with Gasteiger partial charge in [-0.05, 0) is 57.8 Å². The number of likely N-dealkylation sites (tertiary alicyclic amines) is 1. The molecule has 1 saturated heterocycles. The summed E-state index contributed by atoms with van der Waals surface area (Å²) in [5.74, 6) is -4.81. The summed E-state index contributed by atoms with van der Waals surface area (Å²) in [6.07, 6.45) is 3.39. The molecule has 2 fully saturated rings. The van der Waals surface area contributed by atoms with E-state index in [4.69, 9.17) is 0 Å². The second-order valence-corrected chi connectivity index (χ2v) is 6.98. The van der Waals surface area contributed by atoms with Gasteiger partial charge in [-0.2, -0.15) is 0 Å². The highest BCUT2D eigenvalue weighted by molar-refractivity contribution is 5.94. The molecule has 0 spiro atoms. The minimum absolute atomic E-state index is 0.0502. The van der Waals surface area contributed by atoms with Gasteiger partial charge < -0.3 is 10.6 Å². The summed E-state index contributed by atoms with van der Waals surface area (Å²) in [4.78, 5) is 26.3. The Hall–Kier alpha value is -2.09. The molecule has 2 amide bonds. The molecule has 1 aromatic rings. The molecule has 0 unspecified atom stereocenters. The van der Waals surface area contributed by atoms with E-state index in [-0.39, 0.29) is 17.5 Å². The first-order valence-corrected chi connectivity index (χ1v) is 8.85. The Morgan fingerprint density at radius 3 is 2.35 bits per heavy atom. The predicted molar refractivity (Wildman–Crippen MR) is 89.9 cm³/mol. The number of benzene rings is 1. The number of carbonyl (C=O) groups excluding carboxylic acids is 2. The van der Waals surface area contributed by atoms with Crippen molar-refractivity contribution in [1.82, 2.24) is 10.2 Å². The number of hydrogen-bond donors (Lipinski definition) is 2. The minimum atomic E-state index is -1.61. The molecule has 1 aromatic carbocycles. The summed E-state index contributed by atoms with van der Waals surface area (Å²) in [6, 6.07) is 1.52. The molecule has 0 aromatic heterocycles. The number of nitrogens with zero attached hydrogens (tertiary/aromatic N) is 1. The lowest BCUT2D eigenvalue weighted by Crippen LogP contribution is -2.48. The van der Waals surface area contributed by atoms with Crippen LogP contribution in [-0.2, 0) is 9.59 Å². The van der Waals surface area contributed by atoms with E-state index in [0.29, 0.717) is 32.0 Å². The molecule has 8 heteroatoms. The van der Waals surface area contributed by atoms with Crippen LogP contribution >= 0.6 is 0 Å². The van der Waals surface area contributed by atoms with Gasteiger partial charge in [-0.3, -0.25) is 14.5 Å². The summed E-state index contributed by atoms with van der Waals surface area (Å²) in [6.45, 7) is 2.80. The van der Waals surface area contributed by atoms with Crippen molar-refractivity contribution in [3.63, 3.8) is 0 Å². The Bertz CT molecular complexity index is 701. The standard InChI is InChI=1S/C18H22F3N3O2/c1-10(17(25)23-14-5-4-13(19)15(20)16(14)21)24-8-6-11(7-9-24)18(26)22-12-2-3-12/h4-5,10-12H,2-3,6-9H2,1H3,(H,22,26)(H,23,25)/t10-/m1/s1. The van der Waals surface area contributed by atoms with Crippen LogP contribution in [0.1, 0.15) is 32.6 Å². The van der Waals surface area contributed by atoms with Gasteiger partial charge in [-0.1, -0.05) is 0 Å². The lowest BCUT2D eigenvalue weighted by molar-refractivity contribution is -0.127. The number of halogens is 3. The Kier molecular flexibility index (Phi) is 5.50. The van der Waals surface area contributed by atoms with E-state index in [2.05, 4.69) is 10.6 Å². The minimum Gasteiger partial charge on any atom is -0.353 e. The number of rotatable bonds is 5. The Morgan fingerprint density at radius 2 is 1.73 bits per heavy atom. The van der Waals surface area contributed by atoms with Crippen molar-refractivity contribution < 1.29 is 22.8 Å². The molecule has 5 nitrogen and oxygen atoms in total. The molecule has 1 saturated carbocycles. The van der Waals surface area contributed by atoms with E-state index < -0.39 is 29.4 Å². The van der Waals surface area contributed by atoms with Crippen LogP contribution in [0.4, 0.5) is 18.9 Å². The largest absolute Gasteiger partial charge is 0.353 e. The zero-order chi connectivity index (χ0) is 18.8. The first kappa shape index (κ1) is 18.7. The average Bonchev–Trinajstić information content (AvgIpc) is 3.45. The van der Waals surface area contributed by atoms with Gasteiger partial charge in [-0.25, -0.2) is 13.2 Å². The fourth-order valence-electron chi connectivity index (χ4n) is 3.12. The molecule has 1 heterocycles. The summed E-state index contributed by atoms with van der Waals surface area (Å²) in [5, 5.41) is 5.30. The average molecular weight is 369 g/mol. The number of anilines is 1. The third-order valence-electron chi connectivity index (χ3n) is 5.04. The molecule has 26 heavy (non-hydrogen) atoms. The van der Waals surface area contributed by atoms with Crippen LogP contribution in [0.15, 0.2) is 12.1 Å². The molecular weight excluding hydrogens is 347 g/mol. The van der Waals surface area contributed by atoms with Gasteiger partial charge in [0, 0.05) is 12.0 Å². The summed E-state index contributed by atoms with van der Waals surface area (Å²) in [7, 11) is 0. The smallest absolute Gasteiger partial charge is 0.241 e. The predicted octanol–water partition coefficient (Wildman–Crippen LogP) is 2.42. The number of amides is 2. The van der Waals surface area contributed by atoms with Gasteiger partial charge in [0.1, 0.15) is 0 Å². The fraction of sp³-hybridized carbons (Fsp3) is 0.556. The van der Waals surface area contributed by atoms with E-state index >= 15 is 0 Å². The molecule has 0 bridgehead atoms. The van der Waals surface area contributed by atoms with Crippen molar-refractivity contribution in [2.24, 2.45) is 5.92 Å². The van der Waals surface area contributed by atoms with Gasteiger partial charge in [0.2, 0.25) is 11.8 Å². The van der Waals surface area contributed by atoms with E-state index in [1.807, 2.05) is 4.90 Å². The van der Waals surface area contributed by atoms with Crippen LogP contribution in [0, 0.1) is 23.4 Å². The number of nitrogens with one attached hydrogen (secondary N) is 2. The van der Waals surface area contributed by atoms with Crippen molar-refractivity contribution in [2.45, 2.75) is 44.7 Å². The highest BCUT2D eigenvalue weighted by Crippen LogP contribution is 2.24. The lowest BCUT2D eigenvalue weighted by atomic mass is 9.95. The number of piperidine rings is 1. The van der Waals surface area contributed by atoms with Crippen LogP contribution in [0.5, 0.6) is 0 Å². The molecular formula is C18H22F3N3O2. The monoisotopic (exact) mass is 369 g/mol. The number of hydrogen-bond acceptors (Lipinski definition) is 3. The van der Waals surface area contributed by atoms with Gasteiger partial charge in [0.25, 0.3) is 0 Å². The quantitative estimate of drug-likeness (QED) is 0.784. The van der Waals surface area contributed by atoms with Gasteiger partial charge in [-0.15, -0.1) is 0 Å². The lowest BCUT2D eigenvalue weighted by Gasteiger charge is -2.34. The number of carbonyl (C=O) groups is 2. The zero-order valence-corrected chi connectivity index (χ0v) is 14.5. The maximum absolute atomic E-state index is 13.7. The third kappa shape index (κ3) is 4.17. The summed E-state index contributed by atoms with van der Waals surface area (Å²) >= 11 is 0. The fourth-order valence-corrected chi connectivity index (χ4v) is 3.12. The van der Waals surface area contributed by atoms with Crippen molar-refractivity contribution >= 4 is 17.5 Å². The van der Waals surface area contributed by atoms with Crippen molar-refractivity contribution in [3.8, 4) is 0 Å². The molecule has 3 rings (SSSR count). The van der Waals surface area contributed by atoms with E-state index in [1.165, 1.54) is 0 Å². The molecule has 1 aliphatic carbocycles. The highest BCUT2D eigenvalue weighted by atomic mass is 19.2. The second kappa shape index (κ2) is 7.65. The zero-order valence-electron chi connectivity index (χ0n) is 14.5. The first-order chi connectivity index (χ1) is 12.4.